The molecular formula is C15H20N6O2S. The Labute approximate surface area is 143 Å². The Morgan fingerprint density at radius 2 is 2.25 bits per heavy atom. The van der Waals surface area contributed by atoms with E-state index in [2.05, 4.69) is 24.8 Å². The van der Waals surface area contributed by atoms with Crippen LogP contribution in [-0.2, 0) is 9.53 Å². The van der Waals surface area contributed by atoms with Crippen LogP contribution in [0.3, 0.4) is 0 Å². The molecule has 0 aromatic carbocycles. The molecule has 1 atom stereocenters. The number of hydrogen-bond acceptors (Lipinski definition) is 7. The summed E-state index contributed by atoms with van der Waals surface area (Å²) in [5, 5.41) is 10.3. The fourth-order valence-corrected chi connectivity index (χ4v) is 3.97. The maximum absolute atomic E-state index is 12.3. The molecule has 1 amide bonds. The van der Waals surface area contributed by atoms with E-state index in [1.807, 2.05) is 0 Å². The zero-order chi connectivity index (χ0) is 16.4. The van der Waals surface area contributed by atoms with Gasteiger partial charge in [0.2, 0.25) is 11.0 Å². The van der Waals surface area contributed by atoms with Crippen molar-refractivity contribution in [2.75, 3.05) is 36.5 Å². The summed E-state index contributed by atoms with van der Waals surface area (Å²) >= 11 is 1.44. The van der Waals surface area contributed by atoms with Crippen LogP contribution in [0.2, 0.25) is 0 Å². The van der Waals surface area contributed by atoms with Crippen molar-refractivity contribution in [3.63, 3.8) is 0 Å². The third-order valence-corrected chi connectivity index (χ3v) is 5.40. The number of carbonyl (C=O) groups excluding carboxylic acids is 1. The van der Waals surface area contributed by atoms with E-state index in [0.29, 0.717) is 18.2 Å². The summed E-state index contributed by atoms with van der Waals surface area (Å²) in [5.74, 6) is 1.35. The lowest BCUT2D eigenvalue weighted by atomic mass is 10.00. The number of hydrogen-bond donors (Lipinski definition) is 2. The van der Waals surface area contributed by atoms with Crippen LogP contribution >= 0.6 is 11.5 Å². The zero-order valence-corrected chi connectivity index (χ0v) is 14.1. The summed E-state index contributed by atoms with van der Waals surface area (Å²) < 4.78 is 9.93. The number of nitrogens with one attached hydrogen (secondary N) is 2. The minimum absolute atomic E-state index is 0.0321. The Morgan fingerprint density at radius 1 is 1.38 bits per heavy atom. The molecule has 2 saturated heterocycles. The number of ether oxygens (including phenoxy) is 1. The van der Waals surface area contributed by atoms with Crippen LogP contribution < -0.4 is 10.2 Å². The molecule has 24 heavy (non-hydrogen) atoms. The molecule has 0 spiro atoms. The molecule has 9 heteroatoms. The topological polar surface area (TPSA) is 96.0 Å². The highest BCUT2D eigenvalue weighted by Gasteiger charge is 2.31. The molecule has 4 rings (SSSR count). The number of amides is 1. The second kappa shape index (κ2) is 6.86. The second-order valence-electron chi connectivity index (χ2n) is 6.23. The first kappa shape index (κ1) is 15.5. The monoisotopic (exact) mass is 348 g/mol. The van der Waals surface area contributed by atoms with E-state index in [0.717, 1.165) is 50.0 Å². The standard InChI is InChI=1S/C15H20N6O2S/c22-14(18-12-7-16-17-8-12)11-1-4-21(9-11)15-19-13(20-24-15)10-2-5-23-6-3-10/h7-8,10-11H,1-6,9H2,(H,16,17)(H,18,22). The quantitative estimate of drug-likeness (QED) is 0.872. The van der Waals surface area contributed by atoms with E-state index < -0.39 is 0 Å². The third kappa shape index (κ3) is 3.27. The molecule has 2 fully saturated rings. The van der Waals surface area contributed by atoms with Crippen molar-refractivity contribution in [2.45, 2.75) is 25.2 Å². The number of carbonyl (C=O) groups is 1. The van der Waals surface area contributed by atoms with Crippen LogP contribution in [0.1, 0.15) is 31.0 Å². The number of nitrogens with zero attached hydrogens (tertiary/aromatic N) is 4. The number of aromatic nitrogens is 4. The lowest BCUT2D eigenvalue weighted by Gasteiger charge is -2.19. The Hall–Kier alpha value is -2.00. The lowest BCUT2D eigenvalue weighted by molar-refractivity contribution is -0.119. The first-order valence-electron chi connectivity index (χ1n) is 8.25. The van der Waals surface area contributed by atoms with E-state index >= 15 is 0 Å². The molecule has 2 aliphatic heterocycles. The summed E-state index contributed by atoms with van der Waals surface area (Å²) in [7, 11) is 0. The van der Waals surface area contributed by atoms with Crippen molar-refractivity contribution in [1.82, 2.24) is 19.6 Å². The Morgan fingerprint density at radius 3 is 3.04 bits per heavy atom. The van der Waals surface area contributed by atoms with Crippen molar-refractivity contribution >= 4 is 28.3 Å². The normalized spacial score (nSPS) is 22.0. The summed E-state index contributed by atoms with van der Waals surface area (Å²) in [6, 6.07) is 0. The number of H-pyrrole nitrogens is 1. The van der Waals surface area contributed by atoms with Gasteiger partial charge >= 0.3 is 0 Å². The molecule has 4 heterocycles. The first-order valence-corrected chi connectivity index (χ1v) is 9.03. The van der Waals surface area contributed by atoms with E-state index in [1.54, 1.807) is 12.4 Å². The molecule has 2 aromatic heterocycles. The highest BCUT2D eigenvalue weighted by Crippen LogP contribution is 2.31. The highest BCUT2D eigenvalue weighted by molar-refractivity contribution is 7.09. The molecule has 128 valence electrons. The maximum atomic E-state index is 12.3. The Bertz CT molecular complexity index is 682. The third-order valence-electron chi connectivity index (χ3n) is 4.61. The SMILES string of the molecule is O=C(Nc1cn[nH]c1)C1CCN(c2nc(C3CCOCC3)ns2)C1. The van der Waals surface area contributed by atoms with Gasteiger partial charge in [-0.25, -0.2) is 4.98 Å². The van der Waals surface area contributed by atoms with Crippen molar-refractivity contribution in [3.8, 4) is 0 Å². The molecule has 8 nitrogen and oxygen atoms in total. The molecule has 2 aromatic rings. The van der Waals surface area contributed by atoms with Gasteiger partial charge < -0.3 is 15.0 Å². The molecule has 2 N–H and O–H groups in total. The van der Waals surface area contributed by atoms with Crippen molar-refractivity contribution < 1.29 is 9.53 Å². The fraction of sp³-hybridized carbons (Fsp3) is 0.600. The molecule has 2 aliphatic rings. The number of aromatic amines is 1. The van der Waals surface area contributed by atoms with Crippen LogP contribution in [0.15, 0.2) is 12.4 Å². The minimum atomic E-state index is -0.0321. The smallest absolute Gasteiger partial charge is 0.229 e. The average molecular weight is 348 g/mol. The van der Waals surface area contributed by atoms with Crippen LogP contribution in [0.25, 0.3) is 0 Å². The second-order valence-corrected chi connectivity index (χ2v) is 6.96. The van der Waals surface area contributed by atoms with E-state index in [-0.39, 0.29) is 11.8 Å². The summed E-state index contributed by atoms with van der Waals surface area (Å²) in [5.41, 5.74) is 0.705. The zero-order valence-electron chi connectivity index (χ0n) is 13.3. The van der Waals surface area contributed by atoms with E-state index in [9.17, 15) is 4.79 Å². The van der Waals surface area contributed by atoms with E-state index in [1.165, 1.54) is 11.5 Å². The predicted octanol–water partition coefficient (Wildman–Crippen LogP) is 1.62. The molecule has 0 radical (unpaired) electrons. The number of anilines is 2. The van der Waals surface area contributed by atoms with Gasteiger partial charge in [-0.05, 0) is 19.3 Å². The van der Waals surface area contributed by atoms with E-state index in [4.69, 9.17) is 9.72 Å². The Balaban J connectivity index is 1.36. The minimum Gasteiger partial charge on any atom is -0.381 e. The van der Waals surface area contributed by atoms with Crippen LogP contribution in [0.4, 0.5) is 10.8 Å². The molecule has 0 aliphatic carbocycles. The van der Waals surface area contributed by atoms with Crippen LogP contribution in [0, 0.1) is 5.92 Å². The largest absolute Gasteiger partial charge is 0.381 e. The predicted molar refractivity (Wildman–Crippen MR) is 90.2 cm³/mol. The van der Waals surface area contributed by atoms with Gasteiger partial charge in [-0.15, -0.1) is 0 Å². The number of rotatable bonds is 4. The molecule has 0 saturated carbocycles. The van der Waals surface area contributed by atoms with Crippen molar-refractivity contribution in [1.29, 1.82) is 0 Å². The van der Waals surface area contributed by atoms with Crippen LogP contribution in [0.5, 0.6) is 0 Å². The van der Waals surface area contributed by atoms with Gasteiger partial charge in [0.15, 0.2) is 0 Å². The lowest BCUT2D eigenvalue weighted by Crippen LogP contribution is -2.26. The van der Waals surface area contributed by atoms with Gasteiger partial charge in [-0.3, -0.25) is 9.89 Å². The van der Waals surface area contributed by atoms with Crippen LogP contribution in [-0.4, -0.2) is 51.8 Å². The molecule has 0 bridgehead atoms. The van der Waals surface area contributed by atoms with Gasteiger partial charge in [-0.2, -0.15) is 9.47 Å². The Kier molecular flexibility index (Phi) is 4.44. The first-order chi connectivity index (χ1) is 11.8. The van der Waals surface area contributed by atoms with Gasteiger partial charge in [0.25, 0.3) is 0 Å². The van der Waals surface area contributed by atoms with Crippen molar-refractivity contribution in [3.05, 3.63) is 18.2 Å². The summed E-state index contributed by atoms with van der Waals surface area (Å²) in [6.45, 7) is 3.11. The van der Waals surface area contributed by atoms with Crippen molar-refractivity contribution in [2.24, 2.45) is 5.92 Å². The summed E-state index contributed by atoms with van der Waals surface area (Å²) in [4.78, 5) is 19.2. The summed E-state index contributed by atoms with van der Waals surface area (Å²) in [6.07, 6.45) is 6.10. The molecule has 1 unspecified atom stereocenters. The highest BCUT2D eigenvalue weighted by atomic mass is 32.1. The maximum Gasteiger partial charge on any atom is 0.229 e. The molecular weight excluding hydrogens is 328 g/mol. The average Bonchev–Trinajstić information content (AvgIpc) is 3.36. The van der Waals surface area contributed by atoms with Gasteiger partial charge in [0, 0.05) is 50.0 Å². The fourth-order valence-electron chi connectivity index (χ4n) is 3.19. The van der Waals surface area contributed by atoms with Gasteiger partial charge in [0.1, 0.15) is 5.82 Å². The van der Waals surface area contributed by atoms with Gasteiger partial charge in [-0.1, -0.05) is 0 Å². The van der Waals surface area contributed by atoms with Gasteiger partial charge in [0.05, 0.1) is 17.8 Å².